The van der Waals surface area contributed by atoms with E-state index in [4.69, 9.17) is 20.0 Å². The smallest absolute Gasteiger partial charge is 0.254 e. The molecule has 136 valence electrons. The van der Waals surface area contributed by atoms with Gasteiger partial charge in [-0.05, 0) is 36.8 Å². The Balaban J connectivity index is 2.11. The molecule has 0 radical (unpaired) electrons. The van der Waals surface area contributed by atoms with Gasteiger partial charge in [-0.1, -0.05) is 18.2 Å². The molecule has 0 bridgehead atoms. The van der Waals surface area contributed by atoms with Crippen LogP contribution in [0.15, 0.2) is 47.6 Å². The van der Waals surface area contributed by atoms with E-state index in [0.717, 1.165) is 5.56 Å². The number of nitriles is 2. The van der Waals surface area contributed by atoms with Crippen LogP contribution in [0.4, 0.5) is 0 Å². The molecule has 0 spiro atoms. The van der Waals surface area contributed by atoms with Gasteiger partial charge in [0.1, 0.15) is 13.0 Å². The highest BCUT2D eigenvalue weighted by atomic mass is 16.5. The van der Waals surface area contributed by atoms with Crippen LogP contribution in [0.1, 0.15) is 30.0 Å². The molecule has 0 fully saturated rings. The van der Waals surface area contributed by atoms with Crippen LogP contribution in [0.5, 0.6) is 11.5 Å². The molecule has 0 atom stereocenters. The van der Waals surface area contributed by atoms with Gasteiger partial charge in [0, 0.05) is 5.56 Å². The predicted octanol–water partition coefficient (Wildman–Crippen LogP) is 2.90. The largest absolute Gasteiger partial charge is 0.490 e. The van der Waals surface area contributed by atoms with Gasteiger partial charge in [-0.3, -0.25) is 4.79 Å². The molecule has 7 nitrogen and oxygen atoms in total. The van der Waals surface area contributed by atoms with Crippen molar-refractivity contribution < 1.29 is 14.3 Å². The molecule has 0 saturated carbocycles. The van der Waals surface area contributed by atoms with E-state index in [9.17, 15) is 4.79 Å². The van der Waals surface area contributed by atoms with Gasteiger partial charge in [0.25, 0.3) is 5.91 Å². The van der Waals surface area contributed by atoms with Gasteiger partial charge in [-0.15, -0.1) is 0 Å². The average molecular weight is 362 g/mol. The van der Waals surface area contributed by atoms with Crippen LogP contribution in [0, 0.1) is 22.7 Å². The molecule has 0 unspecified atom stereocenters. The number of carbonyl (C=O) groups excluding carboxylic acids is 1. The lowest BCUT2D eigenvalue weighted by Gasteiger charge is -2.13. The van der Waals surface area contributed by atoms with Gasteiger partial charge in [0.05, 0.1) is 30.5 Å². The summed E-state index contributed by atoms with van der Waals surface area (Å²) >= 11 is 0. The van der Waals surface area contributed by atoms with E-state index >= 15 is 0 Å². The Kier molecular flexibility index (Phi) is 7.37. The third kappa shape index (κ3) is 5.87. The molecule has 7 heteroatoms. The quantitative estimate of drug-likeness (QED) is 0.574. The first-order valence-corrected chi connectivity index (χ1v) is 8.24. The number of hydrogen-bond donors (Lipinski definition) is 1. The van der Waals surface area contributed by atoms with Gasteiger partial charge >= 0.3 is 0 Å². The van der Waals surface area contributed by atoms with Crippen LogP contribution >= 0.6 is 0 Å². The van der Waals surface area contributed by atoms with E-state index in [1.807, 2.05) is 19.1 Å². The summed E-state index contributed by atoms with van der Waals surface area (Å²) in [4.78, 5) is 11.2. The molecule has 2 aromatic carbocycles. The van der Waals surface area contributed by atoms with Gasteiger partial charge in [-0.2, -0.15) is 15.6 Å². The van der Waals surface area contributed by atoms with E-state index in [1.165, 1.54) is 6.21 Å². The van der Waals surface area contributed by atoms with Gasteiger partial charge in [0.2, 0.25) is 0 Å². The fraction of sp³-hybridized carbons (Fsp3) is 0.200. The van der Waals surface area contributed by atoms with Crippen molar-refractivity contribution in [3.8, 4) is 23.6 Å². The number of nitrogens with zero attached hydrogens (tertiary/aromatic N) is 3. The summed E-state index contributed by atoms with van der Waals surface area (Å²) in [6.07, 6.45) is 1.20. The molecule has 0 aliphatic carbocycles. The third-order valence-electron chi connectivity index (χ3n) is 3.43. The first-order valence-electron chi connectivity index (χ1n) is 8.24. The molecular formula is C20H18N4O3. The average Bonchev–Trinajstić information content (AvgIpc) is 2.68. The van der Waals surface area contributed by atoms with E-state index in [0.29, 0.717) is 29.2 Å². The van der Waals surface area contributed by atoms with Crippen molar-refractivity contribution in [2.24, 2.45) is 5.10 Å². The van der Waals surface area contributed by atoms with E-state index in [1.54, 1.807) is 36.4 Å². The van der Waals surface area contributed by atoms with Crippen molar-refractivity contribution in [3.05, 3.63) is 59.2 Å². The normalized spacial score (nSPS) is 10.0. The van der Waals surface area contributed by atoms with Crippen molar-refractivity contribution in [1.29, 1.82) is 10.5 Å². The van der Waals surface area contributed by atoms with Crippen molar-refractivity contribution in [3.63, 3.8) is 0 Å². The summed E-state index contributed by atoms with van der Waals surface area (Å²) in [5.41, 5.74) is 4.31. The van der Waals surface area contributed by atoms with Crippen LogP contribution in [0.2, 0.25) is 0 Å². The summed E-state index contributed by atoms with van der Waals surface area (Å²) in [5.74, 6) is 0.587. The number of rotatable bonds is 8. The maximum Gasteiger partial charge on any atom is 0.254 e. The zero-order valence-corrected chi connectivity index (χ0v) is 14.8. The second-order valence-electron chi connectivity index (χ2n) is 5.32. The van der Waals surface area contributed by atoms with E-state index in [-0.39, 0.29) is 13.0 Å². The fourth-order valence-electron chi connectivity index (χ4n) is 2.19. The molecule has 0 aliphatic heterocycles. The summed E-state index contributed by atoms with van der Waals surface area (Å²) in [7, 11) is 0. The molecular weight excluding hydrogens is 344 g/mol. The monoisotopic (exact) mass is 362 g/mol. The molecule has 1 N–H and O–H groups in total. The Morgan fingerprint density at radius 3 is 2.74 bits per heavy atom. The lowest BCUT2D eigenvalue weighted by atomic mass is 10.1. The fourth-order valence-corrected chi connectivity index (χ4v) is 2.19. The Labute approximate surface area is 157 Å². The molecule has 0 heterocycles. The lowest BCUT2D eigenvalue weighted by molar-refractivity contribution is -0.120. The van der Waals surface area contributed by atoms with Crippen LogP contribution in [-0.2, 0) is 11.4 Å². The summed E-state index contributed by atoms with van der Waals surface area (Å²) < 4.78 is 11.4. The van der Waals surface area contributed by atoms with Crippen molar-refractivity contribution in [1.82, 2.24) is 5.43 Å². The van der Waals surface area contributed by atoms with Crippen LogP contribution in [-0.4, -0.2) is 18.7 Å². The maximum absolute atomic E-state index is 11.2. The second-order valence-corrected chi connectivity index (χ2v) is 5.32. The highest BCUT2D eigenvalue weighted by molar-refractivity contribution is 5.83. The standard InChI is InChI=1S/C20H18N4O3/c1-2-26-19-11-15(13-23-24-20(25)9-10-21)7-8-18(19)27-14-17-6-4-3-5-16(17)12-22/h3-8,11,13H,2,9,14H2,1H3,(H,24,25)/b23-13+. The number of hydrogen-bond acceptors (Lipinski definition) is 6. The number of ether oxygens (including phenoxy) is 2. The summed E-state index contributed by atoms with van der Waals surface area (Å²) in [6.45, 7) is 2.55. The first-order chi connectivity index (χ1) is 13.2. The van der Waals surface area contributed by atoms with Gasteiger partial charge in [-0.25, -0.2) is 5.43 Å². The zero-order chi connectivity index (χ0) is 19.5. The van der Waals surface area contributed by atoms with E-state index < -0.39 is 5.91 Å². The van der Waals surface area contributed by atoms with Crippen LogP contribution < -0.4 is 14.9 Å². The SMILES string of the molecule is CCOc1cc(/C=N/NC(=O)CC#N)ccc1OCc1ccccc1C#N. The van der Waals surface area contributed by atoms with Crippen molar-refractivity contribution >= 4 is 12.1 Å². The predicted molar refractivity (Wildman–Crippen MR) is 99.1 cm³/mol. The number of benzene rings is 2. The van der Waals surface area contributed by atoms with Crippen LogP contribution in [0.3, 0.4) is 0 Å². The van der Waals surface area contributed by atoms with Crippen molar-refractivity contribution in [2.75, 3.05) is 6.61 Å². The molecule has 0 saturated heterocycles. The zero-order valence-electron chi connectivity index (χ0n) is 14.8. The lowest BCUT2D eigenvalue weighted by Crippen LogP contribution is -2.16. The molecule has 0 aromatic heterocycles. The number of amides is 1. The molecule has 2 rings (SSSR count). The van der Waals surface area contributed by atoms with E-state index in [2.05, 4.69) is 16.6 Å². The molecule has 0 aliphatic rings. The minimum atomic E-state index is -0.477. The Morgan fingerprint density at radius 1 is 1.19 bits per heavy atom. The van der Waals surface area contributed by atoms with Gasteiger partial charge < -0.3 is 9.47 Å². The second kappa shape index (κ2) is 10.2. The molecule has 1 amide bonds. The molecule has 27 heavy (non-hydrogen) atoms. The topological polar surface area (TPSA) is 108 Å². The Morgan fingerprint density at radius 2 is 2.00 bits per heavy atom. The van der Waals surface area contributed by atoms with Crippen molar-refractivity contribution in [2.45, 2.75) is 20.0 Å². The highest BCUT2D eigenvalue weighted by Crippen LogP contribution is 2.29. The minimum Gasteiger partial charge on any atom is -0.490 e. The number of carbonyl (C=O) groups is 1. The summed E-state index contributed by atoms with van der Waals surface area (Å²) in [6, 6.07) is 16.3. The highest BCUT2D eigenvalue weighted by Gasteiger charge is 2.08. The number of hydrazone groups is 1. The maximum atomic E-state index is 11.2. The minimum absolute atomic E-state index is 0.238. The summed E-state index contributed by atoms with van der Waals surface area (Å²) in [5, 5.41) is 21.4. The molecule has 2 aromatic rings. The van der Waals surface area contributed by atoms with Gasteiger partial charge in [0.15, 0.2) is 11.5 Å². The Bertz CT molecular complexity index is 910. The first kappa shape index (κ1) is 19.5. The van der Waals surface area contributed by atoms with Crippen LogP contribution in [0.25, 0.3) is 0 Å². The third-order valence-corrected chi connectivity index (χ3v) is 3.43. The number of nitrogens with one attached hydrogen (secondary N) is 1. The Hall–Kier alpha value is -3.84.